The van der Waals surface area contributed by atoms with Crippen LogP contribution in [0.5, 0.6) is 0 Å². The van der Waals surface area contributed by atoms with Crippen LogP contribution in [0.3, 0.4) is 0 Å². The Hall–Kier alpha value is -1.45. The van der Waals surface area contributed by atoms with Crippen molar-refractivity contribution < 1.29 is 4.21 Å². The molecule has 20 heavy (non-hydrogen) atoms. The highest BCUT2D eigenvalue weighted by Gasteiger charge is 2.28. The zero-order valence-electron chi connectivity index (χ0n) is 11.8. The summed E-state index contributed by atoms with van der Waals surface area (Å²) in [5, 5.41) is 3.63. The monoisotopic (exact) mass is 285 g/mol. The van der Waals surface area contributed by atoms with E-state index in [2.05, 4.69) is 60.8 Å². The predicted octanol–water partition coefficient (Wildman–Crippen LogP) is 3.11. The van der Waals surface area contributed by atoms with Crippen LogP contribution in [0.4, 0.5) is 0 Å². The van der Waals surface area contributed by atoms with E-state index in [1.165, 1.54) is 22.3 Å². The molecule has 1 aliphatic rings. The average Bonchev–Trinajstić information content (AvgIpc) is 2.73. The molecular weight excluding hydrogens is 266 g/mol. The van der Waals surface area contributed by atoms with Crippen molar-refractivity contribution in [1.29, 1.82) is 0 Å². The van der Waals surface area contributed by atoms with Crippen molar-refractivity contribution in [3.05, 3.63) is 59.7 Å². The number of nitrogens with one attached hydrogen (secondary N) is 1. The Kier molecular flexibility index (Phi) is 3.72. The van der Waals surface area contributed by atoms with Gasteiger partial charge in [0.25, 0.3) is 0 Å². The van der Waals surface area contributed by atoms with Crippen molar-refractivity contribution in [2.45, 2.75) is 19.0 Å². The van der Waals surface area contributed by atoms with Gasteiger partial charge in [-0.05, 0) is 29.2 Å². The lowest BCUT2D eigenvalue weighted by Crippen LogP contribution is -2.34. The molecule has 2 aromatic carbocycles. The maximum Gasteiger partial charge on any atom is 0.0591 e. The predicted molar refractivity (Wildman–Crippen MR) is 85.3 cm³/mol. The zero-order valence-corrected chi connectivity index (χ0v) is 12.6. The molecule has 2 aromatic rings. The van der Waals surface area contributed by atoms with E-state index < -0.39 is 10.8 Å². The highest BCUT2D eigenvalue weighted by atomic mass is 32.2. The minimum Gasteiger partial charge on any atom is -0.303 e. The van der Waals surface area contributed by atoms with Crippen molar-refractivity contribution in [2.75, 3.05) is 12.0 Å². The van der Waals surface area contributed by atoms with Crippen LogP contribution >= 0.6 is 0 Å². The average molecular weight is 285 g/mol. The summed E-state index contributed by atoms with van der Waals surface area (Å²) in [7, 11) is -0.774. The van der Waals surface area contributed by atoms with Gasteiger partial charge in [0, 0.05) is 28.9 Å². The number of fused-ring (bicyclic) bond motifs is 3. The highest BCUT2D eigenvalue weighted by Crippen LogP contribution is 2.43. The van der Waals surface area contributed by atoms with Crippen LogP contribution in [0.2, 0.25) is 0 Å². The van der Waals surface area contributed by atoms with Crippen molar-refractivity contribution in [3.63, 3.8) is 0 Å². The zero-order chi connectivity index (χ0) is 14.1. The van der Waals surface area contributed by atoms with Crippen LogP contribution in [0, 0.1) is 0 Å². The van der Waals surface area contributed by atoms with Crippen LogP contribution in [0.1, 0.15) is 24.1 Å². The van der Waals surface area contributed by atoms with Gasteiger partial charge in [-0.1, -0.05) is 48.5 Å². The second-order valence-electron chi connectivity index (χ2n) is 5.42. The molecule has 104 valence electrons. The Labute approximate surface area is 122 Å². The molecule has 0 aliphatic heterocycles. The third-order valence-corrected chi connectivity index (χ3v) is 4.74. The highest BCUT2D eigenvalue weighted by molar-refractivity contribution is 7.84. The molecule has 0 bridgehead atoms. The van der Waals surface area contributed by atoms with E-state index in [4.69, 9.17) is 0 Å². The second-order valence-corrected chi connectivity index (χ2v) is 6.89. The SMILES string of the molecule is CC(CS(C)=O)NC1c2ccccc2-c2ccccc21. The van der Waals surface area contributed by atoms with Crippen LogP contribution in [-0.4, -0.2) is 22.3 Å². The lowest BCUT2D eigenvalue weighted by Gasteiger charge is -2.21. The summed E-state index contributed by atoms with van der Waals surface area (Å²) >= 11 is 0. The van der Waals surface area contributed by atoms with Crippen molar-refractivity contribution in [3.8, 4) is 11.1 Å². The molecule has 3 rings (SSSR count). The van der Waals surface area contributed by atoms with Gasteiger partial charge in [-0.15, -0.1) is 0 Å². The van der Waals surface area contributed by atoms with E-state index in [1.54, 1.807) is 6.26 Å². The van der Waals surface area contributed by atoms with E-state index >= 15 is 0 Å². The summed E-state index contributed by atoms with van der Waals surface area (Å²) in [6, 6.07) is 17.5. The molecule has 1 aliphatic carbocycles. The Balaban J connectivity index is 1.97. The molecule has 1 N–H and O–H groups in total. The lowest BCUT2D eigenvalue weighted by molar-refractivity contribution is 0.537. The minimum absolute atomic E-state index is 0.209. The molecule has 0 heterocycles. The summed E-state index contributed by atoms with van der Waals surface area (Å²) in [5.41, 5.74) is 5.26. The summed E-state index contributed by atoms with van der Waals surface area (Å²) in [5.74, 6) is 0.681. The maximum absolute atomic E-state index is 11.4. The number of rotatable bonds is 4. The number of hydrogen-bond donors (Lipinski definition) is 1. The summed E-state index contributed by atoms with van der Waals surface area (Å²) < 4.78 is 11.4. The fourth-order valence-corrected chi connectivity index (χ4v) is 3.82. The third-order valence-electron chi connectivity index (χ3n) is 3.77. The van der Waals surface area contributed by atoms with Gasteiger partial charge in [-0.25, -0.2) is 0 Å². The van der Waals surface area contributed by atoms with Crippen molar-refractivity contribution in [2.24, 2.45) is 0 Å². The first kappa shape index (κ1) is 13.5. The molecular formula is C17H19NOS. The number of benzene rings is 2. The lowest BCUT2D eigenvalue weighted by atomic mass is 10.0. The summed E-state index contributed by atoms with van der Waals surface area (Å²) in [4.78, 5) is 0. The van der Waals surface area contributed by atoms with Gasteiger partial charge >= 0.3 is 0 Å². The molecule has 0 fully saturated rings. The Bertz CT molecular complexity index is 607. The molecule has 0 saturated carbocycles. The van der Waals surface area contributed by atoms with Crippen molar-refractivity contribution >= 4 is 10.8 Å². The maximum atomic E-state index is 11.4. The minimum atomic E-state index is -0.774. The van der Waals surface area contributed by atoms with Gasteiger partial charge in [-0.2, -0.15) is 0 Å². The van der Waals surface area contributed by atoms with Crippen LogP contribution in [-0.2, 0) is 10.8 Å². The standard InChI is InChI=1S/C17H19NOS/c1-12(11-20(2)19)18-17-15-9-5-3-7-13(15)14-8-4-6-10-16(14)17/h3-10,12,17-18H,11H2,1-2H3. The van der Waals surface area contributed by atoms with E-state index in [0.717, 1.165) is 0 Å². The molecule has 0 aromatic heterocycles. The first-order valence-electron chi connectivity index (χ1n) is 6.91. The van der Waals surface area contributed by atoms with Crippen LogP contribution < -0.4 is 5.32 Å². The number of hydrogen-bond acceptors (Lipinski definition) is 2. The third kappa shape index (κ3) is 2.43. The molecule has 0 spiro atoms. The molecule has 2 atom stereocenters. The van der Waals surface area contributed by atoms with E-state index in [0.29, 0.717) is 5.75 Å². The quantitative estimate of drug-likeness (QED) is 0.935. The van der Waals surface area contributed by atoms with E-state index in [1.807, 2.05) is 0 Å². The Morgan fingerprint density at radius 3 is 2.05 bits per heavy atom. The molecule has 0 saturated heterocycles. The van der Waals surface area contributed by atoms with Gasteiger partial charge < -0.3 is 5.32 Å². The molecule has 3 heteroatoms. The summed E-state index contributed by atoms with van der Waals surface area (Å²) in [6.07, 6.45) is 1.76. The van der Waals surface area contributed by atoms with Crippen LogP contribution in [0.25, 0.3) is 11.1 Å². The largest absolute Gasteiger partial charge is 0.303 e. The normalized spacial score (nSPS) is 16.5. The van der Waals surface area contributed by atoms with Gasteiger partial charge in [0.2, 0.25) is 0 Å². The molecule has 2 nitrogen and oxygen atoms in total. The van der Waals surface area contributed by atoms with Crippen LogP contribution in [0.15, 0.2) is 48.5 Å². The Morgan fingerprint density at radius 2 is 1.55 bits per heavy atom. The first-order valence-corrected chi connectivity index (χ1v) is 8.64. The topological polar surface area (TPSA) is 29.1 Å². The van der Waals surface area contributed by atoms with E-state index in [9.17, 15) is 4.21 Å². The first-order chi connectivity index (χ1) is 9.66. The molecule has 0 radical (unpaired) electrons. The summed E-state index contributed by atoms with van der Waals surface area (Å²) in [6.45, 7) is 2.10. The smallest absolute Gasteiger partial charge is 0.0591 e. The molecule has 2 unspecified atom stereocenters. The van der Waals surface area contributed by atoms with Gasteiger partial charge in [-0.3, -0.25) is 4.21 Å². The fraction of sp³-hybridized carbons (Fsp3) is 0.294. The van der Waals surface area contributed by atoms with Crippen molar-refractivity contribution in [1.82, 2.24) is 5.32 Å². The van der Waals surface area contributed by atoms with Gasteiger partial charge in [0.05, 0.1) is 6.04 Å². The van der Waals surface area contributed by atoms with E-state index in [-0.39, 0.29) is 12.1 Å². The van der Waals surface area contributed by atoms with Gasteiger partial charge in [0.1, 0.15) is 0 Å². The molecule has 0 amide bonds. The van der Waals surface area contributed by atoms with Gasteiger partial charge in [0.15, 0.2) is 0 Å². The Morgan fingerprint density at radius 1 is 1.05 bits per heavy atom. The second kappa shape index (κ2) is 5.51. The fourth-order valence-electron chi connectivity index (χ4n) is 3.02.